The number of rotatable bonds is 6. The standard InChI is InChI=1S/C12H18N8/c1-19(9-3-4-9)8-6-14-11-16-10(13)17-12(18-11)20-7-2-5-15-20/h2,5,7,9H,3-4,6,8H2,1H3,(H3,13,14,16,17,18). The minimum Gasteiger partial charge on any atom is -0.368 e. The summed E-state index contributed by atoms with van der Waals surface area (Å²) in [7, 11) is 2.14. The summed E-state index contributed by atoms with van der Waals surface area (Å²) >= 11 is 0. The number of nitrogens with one attached hydrogen (secondary N) is 1. The number of hydrogen-bond acceptors (Lipinski definition) is 7. The number of hydrogen-bond donors (Lipinski definition) is 2. The first kappa shape index (κ1) is 12.8. The van der Waals surface area contributed by atoms with Crippen molar-refractivity contribution in [2.24, 2.45) is 0 Å². The molecule has 0 aromatic carbocycles. The first-order valence-electron chi connectivity index (χ1n) is 6.68. The van der Waals surface area contributed by atoms with Crippen molar-refractivity contribution in [1.29, 1.82) is 0 Å². The van der Waals surface area contributed by atoms with Crippen LogP contribution < -0.4 is 11.1 Å². The van der Waals surface area contributed by atoms with Crippen LogP contribution in [0.2, 0.25) is 0 Å². The molecule has 0 bridgehead atoms. The monoisotopic (exact) mass is 274 g/mol. The van der Waals surface area contributed by atoms with E-state index >= 15 is 0 Å². The fraction of sp³-hybridized carbons (Fsp3) is 0.500. The number of nitrogens with two attached hydrogens (primary N) is 1. The van der Waals surface area contributed by atoms with Gasteiger partial charge in [0.2, 0.25) is 11.9 Å². The Labute approximate surface area is 117 Å². The third kappa shape index (κ3) is 3.02. The first-order chi connectivity index (χ1) is 9.72. The molecule has 1 aliphatic carbocycles. The van der Waals surface area contributed by atoms with E-state index in [9.17, 15) is 0 Å². The molecular weight excluding hydrogens is 256 g/mol. The average Bonchev–Trinajstić information content (AvgIpc) is 3.13. The Kier molecular flexibility index (Phi) is 3.46. The zero-order valence-electron chi connectivity index (χ0n) is 11.4. The van der Waals surface area contributed by atoms with E-state index in [1.165, 1.54) is 12.8 Å². The normalized spacial score (nSPS) is 14.7. The van der Waals surface area contributed by atoms with Crippen molar-refractivity contribution in [3.63, 3.8) is 0 Å². The summed E-state index contributed by atoms with van der Waals surface area (Å²) in [6.45, 7) is 1.72. The van der Waals surface area contributed by atoms with Gasteiger partial charge in [-0.15, -0.1) is 0 Å². The smallest absolute Gasteiger partial charge is 0.257 e. The van der Waals surface area contributed by atoms with E-state index in [1.807, 2.05) is 0 Å². The number of anilines is 2. The highest BCUT2D eigenvalue weighted by Gasteiger charge is 2.25. The maximum Gasteiger partial charge on any atom is 0.257 e. The van der Waals surface area contributed by atoms with E-state index in [0.29, 0.717) is 11.9 Å². The van der Waals surface area contributed by atoms with E-state index in [1.54, 1.807) is 23.1 Å². The predicted molar refractivity (Wildman–Crippen MR) is 75.5 cm³/mol. The topological polar surface area (TPSA) is 97.8 Å². The Morgan fingerprint density at radius 1 is 1.40 bits per heavy atom. The lowest BCUT2D eigenvalue weighted by Crippen LogP contribution is -2.27. The van der Waals surface area contributed by atoms with E-state index < -0.39 is 0 Å². The van der Waals surface area contributed by atoms with Gasteiger partial charge in [-0.3, -0.25) is 0 Å². The third-order valence-corrected chi connectivity index (χ3v) is 3.27. The first-order valence-corrected chi connectivity index (χ1v) is 6.68. The summed E-state index contributed by atoms with van der Waals surface area (Å²) in [5.41, 5.74) is 5.70. The maximum atomic E-state index is 5.70. The molecule has 8 nitrogen and oxygen atoms in total. The molecular formula is C12H18N8. The molecule has 8 heteroatoms. The van der Waals surface area contributed by atoms with Crippen LogP contribution in [0.3, 0.4) is 0 Å². The quantitative estimate of drug-likeness (QED) is 0.773. The highest BCUT2D eigenvalue weighted by atomic mass is 15.4. The van der Waals surface area contributed by atoms with Gasteiger partial charge in [-0.2, -0.15) is 20.1 Å². The predicted octanol–water partition coefficient (Wildman–Crippen LogP) is 0.146. The molecule has 0 aliphatic heterocycles. The highest BCUT2D eigenvalue weighted by molar-refractivity contribution is 5.34. The molecule has 0 atom stereocenters. The van der Waals surface area contributed by atoms with Crippen molar-refractivity contribution in [2.75, 3.05) is 31.2 Å². The van der Waals surface area contributed by atoms with Crippen LogP contribution in [0.5, 0.6) is 0 Å². The van der Waals surface area contributed by atoms with Crippen LogP contribution in [0.25, 0.3) is 5.95 Å². The van der Waals surface area contributed by atoms with Gasteiger partial charge in [0.05, 0.1) is 0 Å². The Balaban J connectivity index is 1.63. The van der Waals surface area contributed by atoms with Crippen molar-refractivity contribution in [1.82, 2.24) is 29.6 Å². The molecule has 0 saturated heterocycles. The van der Waals surface area contributed by atoms with Crippen LogP contribution in [0.4, 0.5) is 11.9 Å². The third-order valence-electron chi connectivity index (χ3n) is 3.27. The molecule has 2 heterocycles. The Morgan fingerprint density at radius 2 is 2.25 bits per heavy atom. The Bertz CT molecular complexity index is 563. The SMILES string of the molecule is CN(CCNc1nc(N)nc(-n2cccn2)n1)C1CC1. The molecule has 20 heavy (non-hydrogen) atoms. The molecule has 0 spiro atoms. The second-order valence-electron chi connectivity index (χ2n) is 4.91. The number of aromatic nitrogens is 5. The average molecular weight is 274 g/mol. The molecule has 1 aliphatic rings. The van der Waals surface area contributed by atoms with Gasteiger partial charge in [0.25, 0.3) is 5.95 Å². The molecule has 3 N–H and O–H groups in total. The van der Waals surface area contributed by atoms with Gasteiger partial charge < -0.3 is 16.0 Å². The molecule has 0 unspecified atom stereocenters. The summed E-state index contributed by atoms with van der Waals surface area (Å²) < 4.78 is 1.56. The van der Waals surface area contributed by atoms with E-state index in [-0.39, 0.29) is 5.95 Å². The van der Waals surface area contributed by atoms with Crippen LogP contribution in [-0.4, -0.2) is 55.8 Å². The summed E-state index contributed by atoms with van der Waals surface area (Å²) in [6.07, 6.45) is 6.04. The number of likely N-dealkylation sites (N-methyl/N-ethyl adjacent to an activating group) is 1. The van der Waals surface area contributed by atoms with Crippen molar-refractivity contribution in [3.05, 3.63) is 18.5 Å². The second kappa shape index (κ2) is 5.41. The molecule has 1 fully saturated rings. The fourth-order valence-corrected chi connectivity index (χ4v) is 1.99. The largest absolute Gasteiger partial charge is 0.368 e. The number of nitrogen functional groups attached to an aromatic ring is 1. The van der Waals surface area contributed by atoms with Gasteiger partial charge in [-0.1, -0.05) is 0 Å². The van der Waals surface area contributed by atoms with Crippen LogP contribution in [0.15, 0.2) is 18.5 Å². The van der Waals surface area contributed by atoms with Gasteiger partial charge in [-0.25, -0.2) is 4.68 Å². The molecule has 1 saturated carbocycles. The van der Waals surface area contributed by atoms with E-state index in [2.05, 4.69) is 37.3 Å². The van der Waals surface area contributed by atoms with Gasteiger partial charge >= 0.3 is 0 Å². The van der Waals surface area contributed by atoms with Crippen LogP contribution in [0, 0.1) is 0 Å². The van der Waals surface area contributed by atoms with Crippen LogP contribution in [0.1, 0.15) is 12.8 Å². The van der Waals surface area contributed by atoms with Gasteiger partial charge in [0.1, 0.15) is 0 Å². The van der Waals surface area contributed by atoms with Crippen molar-refractivity contribution < 1.29 is 0 Å². The van der Waals surface area contributed by atoms with Crippen molar-refractivity contribution in [2.45, 2.75) is 18.9 Å². The molecule has 2 aromatic rings. The zero-order valence-corrected chi connectivity index (χ0v) is 11.4. The Morgan fingerprint density at radius 3 is 2.95 bits per heavy atom. The lowest BCUT2D eigenvalue weighted by Gasteiger charge is -2.15. The number of nitrogens with zero attached hydrogens (tertiary/aromatic N) is 6. The lowest BCUT2D eigenvalue weighted by molar-refractivity contribution is 0.337. The maximum absolute atomic E-state index is 5.70. The minimum absolute atomic E-state index is 0.184. The Hall–Kier alpha value is -2.22. The minimum atomic E-state index is 0.184. The molecule has 0 amide bonds. The highest BCUT2D eigenvalue weighted by Crippen LogP contribution is 2.24. The fourth-order valence-electron chi connectivity index (χ4n) is 1.99. The lowest BCUT2D eigenvalue weighted by atomic mass is 10.5. The summed E-state index contributed by atoms with van der Waals surface area (Å²) in [5.74, 6) is 1.08. The molecule has 2 aromatic heterocycles. The van der Waals surface area contributed by atoms with Crippen molar-refractivity contribution >= 4 is 11.9 Å². The van der Waals surface area contributed by atoms with Crippen molar-refractivity contribution in [3.8, 4) is 5.95 Å². The second-order valence-corrected chi connectivity index (χ2v) is 4.91. The molecule has 3 rings (SSSR count). The zero-order chi connectivity index (χ0) is 13.9. The van der Waals surface area contributed by atoms with Gasteiger partial charge in [-0.05, 0) is 26.0 Å². The summed E-state index contributed by atoms with van der Waals surface area (Å²) in [4.78, 5) is 14.8. The van der Waals surface area contributed by atoms with Crippen LogP contribution in [-0.2, 0) is 0 Å². The summed E-state index contributed by atoms with van der Waals surface area (Å²) in [5, 5.41) is 7.26. The van der Waals surface area contributed by atoms with Gasteiger partial charge in [0.15, 0.2) is 0 Å². The summed E-state index contributed by atoms with van der Waals surface area (Å²) in [6, 6.07) is 2.55. The molecule has 106 valence electrons. The molecule has 0 radical (unpaired) electrons. The van der Waals surface area contributed by atoms with E-state index in [0.717, 1.165) is 19.1 Å². The van der Waals surface area contributed by atoms with Crippen LogP contribution >= 0.6 is 0 Å². The van der Waals surface area contributed by atoms with E-state index in [4.69, 9.17) is 5.73 Å². The van der Waals surface area contributed by atoms with Gasteiger partial charge in [0, 0.05) is 31.5 Å².